The summed E-state index contributed by atoms with van der Waals surface area (Å²) >= 11 is 1.35. The van der Waals surface area contributed by atoms with Crippen LogP contribution in [0.2, 0.25) is 0 Å². The summed E-state index contributed by atoms with van der Waals surface area (Å²) in [6.45, 7) is 5.98. The average Bonchev–Trinajstić information content (AvgIpc) is 3.21. The molecule has 33 heavy (non-hydrogen) atoms. The van der Waals surface area contributed by atoms with E-state index in [1.807, 2.05) is 20.8 Å². The minimum atomic E-state index is -3.85. The first-order chi connectivity index (χ1) is 15.6. The van der Waals surface area contributed by atoms with E-state index in [-0.39, 0.29) is 35.7 Å². The lowest BCUT2D eigenvalue weighted by molar-refractivity contribution is -0.131. The number of rotatable bonds is 8. The standard InChI is InChI=1S/C22H29FN4O4S2/c1-4-14(2)19(21(29)26-22-24-12-15(3)32-22)25-20(28)16-6-5-11-27(13-16)33(30,31)18-9-7-17(23)8-10-18/h7-10,12,14,16,19H,4-6,11,13H2,1-3H3,(H,25,28)(H,24,26,29)/t14-,16-,19+/m1/s1. The van der Waals surface area contributed by atoms with Crippen molar-refractivity contribution in [3.8, 4) is 0 Å². The van der Waals surface area contributed by atoms with E-state index in [0.29, 0.717) is 24.4 Å². The highest BCUT2D eigenvalue weighted by Gasteiger charge is 2.35. The number of aryl methyl sites for hydroxylation is 1. The number of carbonyl (C=O) groups is 2. The maximum Gasteiger partial charge on any atom is 0.249 e. The minimum Gasteiger partial charge on any atom is -0.344 e. The Kier molecular flexibility index (Phi) is 8.19. The lowest BCUT2D eigenvalue weighted by atomic mass is 9.95. The Morgan fingerprint density at radius 1 is 1.30 bits per heavy atom. The number of piperidine rings is 1. The van der Waals surface area contributed by atoms with E-state index >= 15 is 0 Å². The summed E-state index contributed by atoms with van der Waals surface area (Å²) in [5.74, 6) is -1.94. The number of amides is 2. The van der Waals surface area contributed by atoms with Gasteiger partial charge in [-0.15, -0.1) is 11.3 Å². The Morgan fingerprint density at radius 2 is 2.00 bits per heavy atom. The Bertz CT molecular complexity index is 1090. The second kappa shape index (κ2) is 10.7. The largest absolute Gasteiger partial charge is 0.344 e. The van der Waals surface area contributed by atoms with Crippen LogP contribution in [0.25, 0.3) is 0 Å². The fourth-order valence-corrected chi connectivity index (χ4v) is 5.89. The van der Waals surface area contributed by atoms with Gasteiger partial charge in [0.05, 0.1) is 10.8 Å². The van der Waals surface area contributed by atoms with Crippen LogP contribution < -0.4 is 10.6 Å². The van der Waals surface area contributed by atoms with E-state index in [9.17, 15) is 22.4 Å². The molecule has 180 valence electrons. The molecule has 1 aromatic heterocycles. The zero-order chi connectivity index (χ0) is 24.2. The summed E-state index contributed by atoms with van der Waals surface area (Å²) in [6.07, 6.45) is 3.36. The summed E-state index contributed by atoms with van der Waals surface area (Å²) < 4.78 is 40.4. The average molecular weight is 497 g/mol. The predicted octanol–water partition coefficient (Wildman–Crippen LogP) is 3.16. The van der Waals surface area contributed by atoms with Crippen LogP contribution in [0.5, 0.6) is 0 Å². The van der Waals surface area contributed by atoms with Crippen LogP contribution in [0.4, 0.5) is 9.52 Å². The molecule has 2 amide bonds. The van der Waals surface area contributed by atoms with Gasteiger partial charge in [0, 0.05) is 24.2 Å². The number of nitrogens with zero attached hydrogens (tertiary/aromatic N) is 2. The van der Waals surface area contributed by atoms with Crippen molar-refractivity contribution < 1.29 is 22.4 Å². The van der Waals surface area contributed by atoms with Crippen LogP contribution in [0.15, 0.2) is 35.4 Å². The van der Waals surface area contributed by atoms with Gasteiger partial charge in [0.15, 0.2) is 5.13 Å². The molecule has 2 N–H and O–H groups in total. The van der Waals surface area contributed by atoms with Crippen molar-refractivity contribution in [2.24, 2.45) is 11.8 Å². The number of hydrogen-bond acceptors (Lipinski definition) is 6. The number of halogens is 1. The first-order valence-corrected chi connectivity index (χ1v) is 13.2. The first-order valence-electron chi connectivity index (χ1n) is 10.9. The molecule has 0 spiro atoms. The summed E-state index contributed by atoms with van der Waals surface area (Å²) in [5, 5.41) is 6.07. The Hall–Kier alpha value is -2.37. The van der Waals surface area contributed by atoms with E-state index in [2.05, 4.69) is 15.6 Å². The lowest BCUT2D eigenvalue weighted by Gasteiger charge is -2.32. The molecule has 0 unspecified atom stereocenters. The van der Waals surface area contributed by atoms with Crippen molar-refractivity contribution in [3.05, 3.63) is 41.2 Å². The van der Waals surface area contributed by atoms with Gasteiger partial charge >= 0.3 is 0 Å². The van der Waals surface area contributed by atoms with Gasteiger partial charge in [0.2, 0.25) is 21.8 Å². The molecular weight excluding hydrogens is 467 g/mol. The minimum absolute atomic E-state index is 0.00601. The van der Waals surface area contributed by atoms with Gasteiger partial charge in [0.1, 0.15) is 11.9 Å². The molecule has 11 heteroatoms. The maximum absolute atomic E-state index is 13.2. The Labute approximate surface area is 197 Å². The van der Waals surface area contributed by atoms with Crippen LogP contribution >= 0.6 is 11.3 Å². The summed E-state index contributed by atoms with van der Waals surface area (Å²) in [4.78, 5) is 31.0. The number of aromatic nitrogens is 1. The molecule has 1 saturated heterocycles. The number of hydrogen-bond donors (Lipinski definition) is 2. The van der Waals surface area contributed by atoms with Gasteiger partial charge < -0.3 is 10.6 Å². The number of nitrogens with one attached hydrogen (secondary N) is 2. The molecule has 1 aliphatic rings. The third-order valence-electron chi connectivity index (χ3n) is 5.85. The first kappa shape index (κ1) is 25.3. The highest BCUT2D eigenvalue weighted by atomic mass is 32.2. The van der Waals surface area contributed by atoms with Gasteiger partial charge in [-0.25, -0.2) is 17.8 Å². The van der Waals surface area contributed by atoms with E-state index in [4.69, 9.17) is 0 Å². The van der Waals surface area contributed by atoms with E-state index < -0.39 is 27.8 Å². The fraction of sp³-hybridized carbons (Fsp3) is 0.500. The summed E-state index contributed by atoms with van der Waals surface area (Å²) in [6, 6.07) is 3.87. The molecule has 3 atom stereocenters. The number of sulfonamides is 1. The molecule has 1 fully saturated rings. The molecule has 0 radical (unpaired) electrons. The number of thiazole rings is 1. The maximum atomic E-state index is 13.2. The summed E-state index contributed by atoms with van der Waals surface area (Å²) in [7, 11) is -3.85. The normalized spacial score (nSPS) is 19.0. The Morgan fingerprint density at radius 3 is 2.61 bits per heavy atom. The Balaban J connectivity index is 1.70. The van der Waals surface area contributed by atoms with Crippen LogP contribution in [-0.2, 0) is 19.6 Å². The van der Waals surface area contributed by atoms with Crippen molar-refractivity contribution in [1.29, 1.82) is 0 Å². The van der Waals surface area contributed by atoms with Crippen LogP contribution in [0, 0.1) is 24.6 Å². The molecule has 3 rings (SSSR count). The predicted molar refractivity (Wildman–Crippen MR) is 125 cm³/mol. The van der Waals surface area contributed by atoms with Gasteiger partial charge in [0.25, 0.3) is 0 Å². The molecule has 8 nitrogen and oxygen atoms in total. The van der Waals surface area contributed by atoms with Crippen molar-refractivity contribution in [3.63, 3.8) is 0 Å². The zero-order valence-corrected chi connectivity index (χ0v) is 20.5. The monoisotopic (exact) mass is 496 g/mol. The third-order valence-corrected chi connectivity index (χ3v) is 8.56. The fourth-order valence-electron chi connectivity index (χ4n) is 3.70. The van der Waals surface area contributed by atoms with Gasteiger partial charge in [-0.2, -0.15) is 4.31 Å². The number of carbonyl (C=O) groups excluding carboxylic acids is 2. The molecule has 0 saturated carbocycles. The van der Waals surface area contributed by atoms with E-state index in [1.165, 1.54) is 27.8 Å². The van der Waals surface area contributed by atoms with Crippen LogP contribution in [0.1, 0.15) is 38.0 Å². The molecule has 2 heterocycles. The van der Waals surface area contributed by atoms with Gasteiger partial charge in [-0.3, -0.25) is 9.59 Å². The van der Waals surface area contributed by atoms with Crippen molar-refractivity contribution >= 4 is 38.3 Å². The van der Waals surface area contributed by atoms with Crippen molar-refractivity contribution in [2.75, 3.05) is 18.4 Å². The lowest BCUT2D eigenvalue weighted by Crippen LogP contribution is -2.52. The number of anilines is 1. The molecular formula is C22H29FN4O4S2. The second-order valence-corrected chi connectivity index (χ2v) is 11.5. The SMILES string of the molecule is CC[C@@H](C)[C@H](NC(=O)[C@@H]1CCCN(S(=O)(=O)c2ccc(F)cc2)C1)C(=O)Nc1ncc(C)s1. The topological polar surface area (TPSA) is 108 Å². The quantitative estimate of drug-likeness (QED) is 0.584. The molecule has 0 bridgehead atoms. The molecule has 1 aliphatic heterocycles. The third kappa shape index (κ3) is 6.15. The summed E-state index contributed by atoms with van der Waals surface area (Å²) in [5.41, 5.74) is 0. The van der Waals surface area contributed by atoms with E-state index in [0.717, 1.165) is 17.0 Å². The van der Waals surface area contributed by atoms with Crippen molar-refractivity contribution in [1.82, 2.24) is 14.6 Å². The van der Waals surface area contributed by atoms with Gasteiger partial charge in [-0.1, -0.05) is 20.3 Å². The molecule has 1 aromatic carbocycles. The highest BCUT2D eigenvalue weighted by Crippen LogP contribution is 2.25. The highest BCUT2D eigenvalue weighted by molar-refractivity contribution is 7.89. The molecule has 2 aromatic rings. The zero-order valence-electron chi connectivity index (χ0n) is 18.9. The molecule has 0 aliphatic carbocycles. The van der Waals surface area contributed by atoms with Gasteiger partial charge in [-0.05, 0) is 49.9 Å². The number of benzene rings is 1. The van der Waals surface area contributed by atoms with Crippen LogP contribution in [0.3, 0.4) is 0 Å². The second-order valence-electron chi connectivity index (χ2n) is 8.29. The van der Waals surface area contributed by atoms with Crippen molar-refractivity contribution in [2.45, 2.75) is 51.0 Å². The smallest absolute Gasteiger partial charge is 0.249 e. The van der Waals surface area contributed by atoms with E-state index in [1.54, 1.807) is 6.20 Å². The van der Waals surface area contributed by atoms with Crippen LogP contribution in [-0.4, -0.2) is 48.7 Å².